The Balaban J connectivity index is 2.41. The van der Waals surface area contributed by atoms with Gasteiger partial charge in [0.1, 0.15) is 11.4 Å². The van der Waals surface area contributed by atoms with Crippen LogP contribution in [0.5, 0.6) is 5.75 Å². The maximum atomic E-state index is 11.1. The van der Waals surface area contributed by atoms with Gasteiger partial charge in [0, 0.05) is 10.5 Å². The van der Waals surface area contributed by atoms with E-state index in [9.17, 15) is 15.2 Å². The lowest BCUT2D eigenvalue weighted by molar-refractivity contribution is -0.384. The summed E-state index contributed by atoms with van der Waals surface area (Å²) in [7, 11) is 0. The number of hydrogen-bond acceptors (Lipinski definition) is 5. The fraction of sp³-hybridized carbons (Fsp3) is 0.294. The highest BCUT2D eigenvalue weighted by atomic mass is 79.9. The van der Waals surface area contributed by atoms with E-state index in [-0.39, 0.29) is 17.1 Å². The molecule has 0 aliphatic heterocycles. The molecule has 0 spiro atoms. The number of hydrogen-bond donors (Lipinski definition) is 1. The summed E-state index contributed by atoms with van der Waals surface area (Å²) in [6.45, 7) is 4.00. The Kier molecular flexibility index (Phi) is 6.03. The standard InChI is InChI=1S/C17H18BrN3O3/c1-3-4-5-12-8-11(2)9-15(17(12)22)20-19-14-10-13(18)6-7-16(14)21(23)24/h6-10,22H,3-5H2,1-2H3. The number of rotatable bonds is 6. The van der Waals surface area contributed by atoms with Crippen LogP contribution in [0.15, 0.2) is 45.0 Å². The summed E-state index contributed by atoms with van der Waals surface area (Å²) < 4.78 is 0.666. The number of aromatic hydroxyl groups is 1. The second-order valence-corrected chi connectivity index (χ2v) is 6.40. The van der Waals surface area contributed by atoms with Crippen molar-refractivity contribution >= 4 is 33.0 Å². The van der Waals surface area contributed by atoms with Crippen molar-refractivity contribution < 1.29 is 10.0 Å². The van der Waals surface area contributed by atoms with Crippen LogP contribution in [0.1, 0.15) is 30.9 Å². The van der Waals surface area contributed by atoms with Gasteiger partial charge in [-0.15, -0.1) is 10.2 Å². The lowest BCUT2D eigenvalue weighted by atomic mass is 10.0. The molecule has 2 aromatic rings. The summed E-state index contributed by atoms with van der Waals surface area (Å²) in [6, 6.07) is 8.08. The Morgan fingerprint density at radius 1 is 1.21 bits per heavy atom. The van der Waals surface area contributed by atoms with Crippen molar-refractivity contribution in [3.8, 4) is 5.75 Å². The molecule has 0 unspecified atom stereocenters. The molecular formula is C17H18BrN3O3. The van der Waals surface area contributed by atoms with Gasteiger partial charge in [0.25, 0.3) is 5.69 Å². The van der Waals surface area contributed by atoms with Crippen LogP contribution >= 0.6 is 15.9 Å². The molecule has 6 nitrogen and oxygen atoms in total. The number of phenolic OH excluding ortho intramolecular Hbond substituents is 1. The van der Waals surface area contributed by atoms with Gasteiger partial charge in [0.2, 0.25) is 0 Å². The number of aryl methyl sites for hydroxylation is 2. The van der Waals surface area contributed by atoms with E-state index < -0.39 is 4.92 Å². The average molecular weight is 392 g/mol. The summed E-state index contributed by atoms with van der Waals surface area (Å²) in [5, 5.41) is 29.4. The van der Waals surface area contributed by atoms with Crippen LogP contribution in [0.4, 0.5) is 17.1 Å². The van der Waals surface area contributed by atoms with Crippen molar-refractivity contribution in [1.29, 1.82) is 0 Å². The zero-order chi connectivity index (χ0) is 17.7. The van der Waals surface area contributed by atoms with Crippen LogP contribution < -0.4 is 0 Å². The smallest absolute Gasteiger partial charge is 0.296 e. The molecule has 0 bridgehead atoms. The van der Waals surface area contributed by atoms with Crippen LogP contribution in [0.2, 0.25) is 0 Å². The molecule has 0 aliphatic rings. The molecule has 7 heteroatoms. The number of nitro benzene ring substituents is 1. The first kappa shape index (κ1) is 18.1. The average Bonchev–Trinajstić information content (AvgIpc) is 2.53. The number of benzene rings is 2. The number of unbranched alkanes of at least 4 members (excludes halogenated alkanes) is 1. The molecule has 126 valence electrons. The second kappa shape index (κ2) is 8.01. The van der Waals surface area contributed by atoms with Crippen LogP contribution in [-0.4, -0.2) is 10.0 Å². The molecule has 2 rings (SSSR count). The van der Waals surface area contributed by atoms with E-state index >= 15 is 0 Å². The first-order valence-corrected chi connectivity index (χ1v) is 8.39. The maximum Gasteiger partial charge on any atom is 0.296 e. The first-order chi connectivity index (χ1) is 11.4. The number of nitro groups is 1. The van der Waals surface area contributed by atoms with E-state index in [0.29, 0.717) is 10.2 Å². The van der Waals surface area contributed by atoms with E-state index in [1.807, 2.05) is 13.0 Å². The lowest BCUT2D eigenvalue weighted by Gasteiger charge is -2.08. The third-order valence-corrected chi connectivity index (χ3v) is 4.01. The highest BCUT2D eigenvalue weighted by Crippen LogP contribution is 2.36. The molecule has 0 fully saturated rings. The predicted octanol–water partition coefficient (Wildman–Crippen LogP) is 6.13. The Hall–Kier alpha value is -2.28. The van der Waals surface area contributed by atoms with E-state index in [1.54, 1.807) is 12.1 Å². The summed E-state index contributed by atoms with van der Waals surface area (Å²) in [6.07, 6.45) is 2.74. The Bertz CT molecular complexity index is 791. The normalized spacial score (nSPS) is 11.1. The maximum absolute atomic E-state index is 11.1. The number of nitrogens with zero attached hydrogens (tertiary/aromatic N) is 3. The van der Waals surface area contributed by atoms with Gasteiger partial charge in [-0.05, 0) is 49.1 Å². The number of azo groups is 1. The first-order valence-electron chi connectivity index (χ1n) is 7.60. The lowest BCUT2D eigenvalue weighted by Crippen LogP contribution is -1.89. The topological polar surface area (TPSA) is 88.1 Å². The molecule has 0 saturated carbocycles. The molecule has 0 heterocycles. The third-order valence-electron chi connectivity index (χ3n) is 3.51. The Labute approximate surface area is 148 Å². The van der Waals surface area contributed by atoms with Crippen molar-refractivity contribution in [3.05, 3.63) is 56.0 Å². The Morgan fingerprint density at radius 2 is 1.92 bits per heavy atom. The number of phenols is 1. The van der Waals surface area contributed by atoms with Gasteiger partial charge in [-0.3, -0.25) is 10.1 Å². The fourth-order valence-corrected chi connectivity index (χ4v) is 2.66. The van der Waals surface area contributed by atoms with Gasteiger partial charge in [0.05, 0.1) is 4.92 Å². The SMILES string of the molecule is CCCCc1cc(C)cc(N=Nc2cc(Br)ccc2[N+](=O)[O-])c1O. The summed E-state index contributed by atoms with van der Waals surface area (Å²) in [4.78, 5) is 10.6. The van der Waals surface area contributed by atoms with Crippen molar-refractivity contribution in [1.82, 2.24) is 0 Å². The van der Waals surface area contributed by atoms with E-state index in [4.69, 9.17) is 0 Å². The van der Waals surface area contributed by atoms with Gasteiger partial charge >= 0.3 is 0 Å². The molecule has 0 aliphatic carbocycles. The second-order valence-electron chi connectivity index (χ2n) is 5.49. The van der Waals surface area contributed by atoms with Gasteiger partial charge in [-0.25, -0.2) is 0 Å². The van der Waals surface area contributed by atoms with Crippen LogP contribution in [-0.2, 0) is 6.42 Å². The summed E-state index contributed by atoms with van der Waals surface area (Å²) in [5.41, 5.74) is 2.08. The molecule has 0 atom stereocenters. The Morgan fingerprint density at radius 3 is 2.58 bits per heavy atom. The van der Waals surface area contributed by atoms with E-state index in [2.05, 4.69) is 33.1 Å². The van der Waals surface area contributed by atoms with E-state index in [0.717, 1.165) is 30.4 Å². The zero-order valence-electron chi connectivity index (χ0n) is 13.5. The minimum absolute atomic E-state index is 0.0791. The van der Waals surface area contributed by atoms with Crippen LogP contribution in [0.3, 0.4) is 0 Å². The largest absolute Gasteiger partial charge is 0.505 e. The van der Waals surface area contributed by atoms with Gasteiger partial charge in [-0.1, -0.05) is 35.3 Å². The van der Waals surface area contributed by atoms with Gasteiger partial charge < -0.3 is 5.11 Å². The quantitative estimate of drug-likeness (QED) is 0.364. The molecular weight excluding hydrogens is 374 g/mol. The van der Waals surface area contributed by atoms with Crippen molar-refractivity contribution in [2.24, 2.45) is 10.2 Å². The molecule has 0 saturated heterocycles. The third kappa shape index (κ3) is 4.38. The van der Waals surface area contributed by atoms with Gasteiger partial charge in [0.15, 0.2) is 5.69 Å². The molecule has 24 heavy (non-hydrogen) atoms. The minimum atomic E-state index is -0.510. The highest BCUT2D eigenvalue weighted by Gasteiger charge is 2.14. The van der Waals surface area contributed by atoms with E-state index in [1.165, 1.54) is 12.1 Å². The molecule has 1 N–H and O–H groups in total. The van der Waals surface area contributed by atoms with Crippen molar-refractivity contribution in [2.45, 2.75) is 33.1 Å². The predicted molar refractivity (Wildman–Crippen MR) is 96.4 cm³/mol. The summed E-state index contributed by atoms with van der Waals surface area (Å²) in [5.74, 6) is 0.0791. The molecule has 0 amide bonds. The van der Waals surface area contributed by atoms with Crippen LogP contribution in [0, 0.1) is 17.0 Å². The monoisotopic (exact) mass is 391 g/mol. The van der Waals surface area contributed by atoms with Crippen molar-refractivity contribution in [3.63, 3.8) is 0 Å². The van der Waals surface area contributed by atoms with Gasteiger partial charge in [-0.2, -0.15) is 0 Å². The van der Waals surface area contributed by atoms with Crippen molar-refractivity contribution in [2.75, 3.05) is 0 Å². The zero-order valence-corrected chi connectivity index (χ0v) is 15.1. The van der Waals surface area contributed by atoms with Crippen LogP contribution in [0.25, 0.3) is 0 Å². The summed E-state index contributed by atoms with van der Waals surface area (Å²) >= 11 is 3.26. The molecule has 0 radical (unpaired) electrons. The minimum Gasteiger partial charge on any atom is -0.505 e. The highest BCUT2D eigenvalue weighted by molar-refractivity contribution is 9.10. The number of halogens is 1. The molecule has 2 aromatic carbocycles. The molecule has 0 aromatic heterocycles. The fourth-order valence-electron chi connectivity index (χ4n) is 2.31.